The number of allylic oxidation sites excluding steroid dienone is 2. The van der Waals surface area contributed by atoms with E-state index in [1.165, 1.54) is 25.5 Å². The first-order valence-corrected chi connectivity index (χ1v) is 6.94. The average Bonchev–Trinajstić information content (AvgIpc) is 2.93. The fourth-order valence-corrected chi connectivity index (χ4v) is 3.47. The molecule has 2 saturated carbocycles. The van der Waals surface area contributed by atoms with Gasteiger partial charge in [-0.1, -0.05) is 11.6 Å². The largest absolute Gasteiger partial charge is 0.469 e. The SMILES string of the molecule is COC(=O)CCC/C=C1\C[C@H]2CCC(C=O)[C@H]2C1. The van der Waals surface area contributed by atoms with Gasteiger partial charge in [0.2, 0.25) is 0 Å². The molecule has 3 nitrogen and oxygen atoms in total. The van der Waals surface area contributed by atoms with E-state index in [0.717, 1.165) is 37.9 Å². The Bertz CT molecular complexity index is 346. The van der Waals surface area contributed by atoms with E-state index in [9.17, 15) is 9.59 Å². The van der Waals surface area contributed by atoms with Gasteiger partial charge >= 0.3 is 5.97 Å². The monoisotopic (exact) mass is 250 g/mol. The Morgan fingerprint density at radius 2 is 2.22 bits per heavy atom. The predicted octanol–water partition coefficient (Wildman–Crippen LogP) is 2.89. The second kappa shape index (κ2) is 6.17. The summed E-state index contributed by atoms with van der Waals surface area (Å²) in [7, 11) is 1.43. The first-order valence-electron chi connectivity index (χ1n) is 6.94. The van der Waals surface area contributed by atoms with E-state index in [1.54, 1.807) is 0 Å². The lowest BCUT2D eigenvalue weighted by Gasteiger charge is -2.10. The second-order valence-electron chi connectivity index (χ2n) is 5.54. The van der Waals surface area contributed by atoms with Crippen LogP contribution in [0.1, 0.15) is 44.9 Å². The number of rotatable bonds is 5. The quantitative estimate of drug-likeness (QED) is 0.326. The van der Waals surface area contributed by atoms with Gasteiger partial charge in [0.15, 0.2) is 0 Å². The molecule has 3 atom stereocenters. The lowest BCUT2D eigenvalue weighted by Crippen LogP contribution is -2.09. The molecule has 2 fully saturated rings. The summed E-state index contributed by atoms with van der Waals surface area (Å²) in [5, 5.41) is 0. The molecule has 0 spiro atoms. The summed E-state index contributed by atoms with van der Waals surface area (Å²) >= 11 is 0. The number of carbonyl (C=O) groups excluding carboxylic acids is 2. The third kappa shape index (κ3) is 3.01. The van der Waals surface area contributed by atoms with E-state index in [0.29, 0.717) is 18.3 Å². The fraction of sp³-hybridized carbons (Fsp3) is 0.733. The Kier molecular flexibility index (Phi) is 4.56. The van der Waals surface area contributed by atoms with Crippen LogP contribution in [0.15, 0.2) is 11.6 Å². The van der Waals surface area contributed by atoms with Crippen LogP contribution >= 0.6 is 0 Å². The molecule has 0 aliphatic heterocycles. The van der Waals surface area contributed by atoms with E-state index in [1.807, 2.05) is 0 Å². The van der Waals surface area contributed by atoms with Crippen molar-refractivity contribution in [2.45, 2.75) is 44.9 Å². The summed E-state index contributed by atoms with van der Waals surface area (Å²) in [6.45, 7) is 0. The lowest BCUT2D eigenvalue weighted by atomic mass is 9.93. The van der Waals surface area contributed by atoms with Crippen LogP contribution in [-0.2, 0) is 14.3 Å². The minimum atomic E-state index is -0.127. The van der Waals surface area contributed by atoms with E-state index in [2.05, 4.69) is 10.8 Å². The number of aldehydes is 1. The molecule has 3 heteroatoms. The van der Waals surface area contributed by atoms with E-state index >= 15 is 0 Å². The van der Waals surface area contributed by atoms with Gasteiger partial charge in [0.25, 0.3) is 0 Å². The number of fused-ring (bicyclic) bond motifs is 1. The maximum Gasteiger partial charge on any atom is 0.305 e. The number of hydrogen-bond donors (Lipinski definition) is 0. The van der Waals surface area contributed by atoms with Gasteiger partial charge in [-0.3, -0.25) is 4.79 Å². The molecular weight excluding hydrogens is 228 g/mol. The van der Waals surface area contributed by atoms with Gasteiger partial charge in [-0.2, -0.15) is 0 Å². The van der Waals surface area contributed by atoms with Gasteiger partial charge in [-0.25, -0.2) is 0 Å². The Morgan fingerprint density at radius 1 is 1.39 bits per heavy atom. The summed E-state index contributed by atoms with van der Waals surface area (Å²) in [4.78, 5) is 21.9. The number of methoxy groups -OCH3 is 1. The number of esters is 1. The molecule has 0 bridgehead atoms. The van der Waals surface area contributed by atoms with Crippen molar-refractivity contribution in [3.63, 3.8) is 0 Å². The Balaban J connectivity index is 1.75. The van der Waals surface area contributed by atoms with Crippen molar-refractivity contribution in [1.29, 1.82) is 0 Å². The van der Waals surface area contributed by atoms with Gasteiger partial charge in [0.05, 0.1) is 7.11 Å². The van der Waals surface area contributed by atoms with Crippen LogP contribution in [0.4, 0.5) is 0 Å². The standard InChI is InChI=1S/C15H22O3/c1-18-15(17)5-3-2-4-11-8-12-6-7-13(10-16)14(12)9-11/h4,10,12-14H,2-3,5-9H2,1H3/b11-4+/t12-,13?,14+/m1/s1. The van der Waals surface area contributed by atoms with Gasteiger partial charge in [0.1, 0.15) is 6.29 Å². The van der Waals surface area contributed by atoms with E-state index < -0.39 is 0 Å². The van der Waals surface area contributed by atoms with Crippen LogP contribution in [0, 0.1) is 17.8 Å². The molecule has 0 aromatic heterocycles. The molecule has 1 unspecified atom stereocenters. The zero-order chi connectivity index (χ0) is 13.0. The zero-order valence-corrected chi connectivity index (χ0v) is 11.1. The van der Waals surface area contributed by atoms with Crippen molar-refractivity contribution in [2.24, 2.45) is 17.8 Å². The van der Waals surface area contributed by atoms with Gasteiger partial charge in [0, 0.05) is 12.3 Å². The highest BCUT2D eigenvalue weighted by atomic mass is 16.5. The fourth-order valence-electron chi connectivity index (χ4n) is 3.47. The molecule has 2 aliphatic carbocycles. The van der Waals surface area contributed by atoms with Crippen LogP contribution in [-0.4, -0.2) is 19.4 Å². The molecule has 0 amide bonds. The first-order chi connectivity index (χ1) is 8.74. The molecule has 0 saturated heterocycles. The number of hydrogen-bond acceptors (Lipinski definition) is 3. The van der Waals surface area contributed by atoms with Gasteiger partial charge in [-0.05, 0) is 50.4 Å². The van der Waals surface area contributed by atoms with Crippen molar-refractivity contribution in [2.75, 3.05) is 7.11 Å². The second-order valence-corrected chi connectivity index (χ2v) is 5.54. The molecular formula is C15H22O3. The number of unbranched alkanes of at least 4 members (excludes halogenated alkanes) is 1. The van der Waals surface area contributed by atoms with E-state index in [4.69, 9.17) is 0 Å². The minimum Gasteiger partial charge on any atom is -0.469 e. The number of carbonyl (C=O) groups is 2. The summed E-state index contributed by atoms with van der Waals surface area (Å²) in [5.41, 5.74) is 1.50. The lowest BCUT2D eigenvalue weighted by molar-refractivity contribution is -0.140. The maximum atomic E-state index is 11.0. The summed E-state index contributed by atoms with van der Waals surface area (Å²) in [6.07, 6.45) is 10.3. The van der Waals surface area contributed by atoms with Gasteiger partial charge < -0.3 is 9.53 Å². The average molecular weight is 250 g/mol. The molecule has 0 aromatic carbocycles. The highest BCUT2D eigenvalue weighted by Gasteiger charge is 2.40. The van der Waals surface area contributed by atoms with Crippen LogP contribution in [0.2, 0.25) is 0 Å². The third-order valence-electron chi connectivity index (χ3n) is 4.47. The van der Waals surface area contributed by atoms with Crippen molar-refractivity contribution in [1.82, 2.24) is 0 Å². The highest BCUT2D eigenvalue weighted by molar-refractivity contribution is 5.69. The van der Waals surface area contributed by atoms with E-state index in [-0.39, 0.29) is 5.97 Å². The van der Waals surface area contributed by atoms with Crippen molar-refractivity contribution >= 4 is 12.3 Å². The van der Waals surface area contributed by atoms with Gasteiger partial charge in [-0.15, -0.1) is 0 Å². The summed E-state index contributed by atoms with van der Waals surface area (Å²) in [5.74, 6) is 1.52. The molecule has 0 aromatic rings. The summed E-state index contributed by atoms with van der Waals surface area (Å²) in [6, 6.07) is 0. The number of ether oxygens (including phenoxy) is 1. The van der Waals surface area contributed by atoms with Crippen LogP contribution in [0.3, 0.4) is 0 Å². The molecule has 100 valence electrons. The first kappa shape index (κ1) is 13.3. The maximum absolute atomic E-state index is 11.0. The molecule has 0 N–H and O–H groups in total. The van der Waals surface area contributed by atoms with Crippen LogP contribution < -0.4 is 0 Å². The third-order valence-corrected chi connectivity index (χ3v) is 4.47. The molecule has 18 heavy (non-hydrogen) atoms. The topological polar surface area (TPSA) is 43.4 Å². The normalized spacial score (nSPS) is 32.5. The smallest absolute Gasteiger partial charge is 0.305 e. The zero-order valence-electron chi connectivity index (χ0n) is 11.1. The molecule has 0 heterocycles. The highest BCUT2D eigenvalue weighted by Crippen LogP contribution is 2.49. The molecule has 2 aliphatic rings. The predicted molar refractivity (Wildman–Crippen MR) is 69.0 cm³/mol. The molecule has 0 radical (unpaired) electrons. The van der Waals surface area contributed by atoms with Crippen molar-refractivity contribution < 1.29 is 14.3 Å². The summed E-state index contributed by atoms with van der Waals surface area (Å²) < 4.78 is 4.61. The van der Waals surface area contributed by atoms with Crippen LogP contribution in [0.25, 0.3) is 0 Å². The minimum absolute atomic E-state index is 0.127. The Labute approximate surface area is 109 Å². The Hall–Kier alpha value is -1.12. The Morgan fingerprint density at radius 3 is 2.94 bits per heavy atom. The van der Waals surface area contributed by atoms with Crippen molar-refractivity contribution in [3.05, 3.63) is 11.6 Å². The molecule has 2 rings (SSSR count). The van der Waals surface area contributed by atoms with Crippen LogP contribution in [0.5, 0.6) is 0 Å². The van der Waals surface area contributed by atoms with Crippen molar-refractivity contribution in [3.8, 4) is 0 Å².